The van der Waals surface area contributed by atoms with Gasteiger partial charge >= 0.3 is 5.97 Å². The fourth-order valence-corrected chi connectivity index (χ4v) is 1.93. The summed E-state index contributed by atoms with van der Waals surface area (Å²) in [5.74, 6) is -2.50. The number of hydrogen-bond donors (Lipinski definition) is 2. The van der Waals surface area contributed by atoms with Crippen LogP contribution in [0, 0.1) is 0 Å². The van der Waals surface area contributed by atoms with Gasteiger partial charge in [0.25, 0.3) is 5.91 Å². The summed E-state index contributed by atoms with van der Waals surface area (Å²) < 4.78 is 12.7. The molecule has 2 aromatic rings. The average molecular weight is 325 g/mol. The number of carboxylic acids is 1. The molecule has 1 heterocycles. The second-order valence-corrected chi connectivity index (χ2v) is 4.67. The fourth-order valence-electron chi connectivity index (χ4n) is 1.74. The van der Waals surface area contributed by atoms with Crippen molar-refractivity contribution in [3.05, 3.63) is 47.2 Å². The highest BCUT2D eigenvalue weighted by Crippen LogP contribution is 2.27. The highest BCUT2D eigenvalue weighted by molar-refractivity contribution is 6.30. The zero-order valence-electron chi connectivity index (χ0n) is 11.0. The van der Waals surface area contributed by atoms with E-state index in [1.165, 1.54) is 12.3 Å². The van der Waals surface area contributed by atoms with Gasteiger partial charge in [0.2, 0.25) is 5.75 Å². The van der Waals surface area contributed by atoms with Crippen LogP contribution in [0.4, 0.5) is 4.53 Å². The van der Waals surface area contributed by atoms with Crippen molar-refractivity contribution in [2.75, 3.05) is 6.54 Å². The largest absolute Gasteiger partial charge is 0.480 e. The predicted molar refractivity (Wildman–Crippen MR) is 76.4 cm³/mol. The summed E-state index contributed by atoms with van der Waals surface area (Å²) in [6.07, 6.45) is 1.34. The monoisotopic (exact) mass is 324 g/mol. The summed E-state index contributed by atoms with van der Waals surface area (Å²) in [4.78, 5) is 29.6. The van der Waals surface area contributed by atoms with Gasteiger partial charge in [-0.2, -0.15) is 0 Å². The highest BCUT2D eigenvalue weighted by Gasteiger charge is 2.17. The minimum atomic E-state index is -1.23. The zero-order chi connectivity index (χ0) is 16.1. The zero-order valence-corrected chi connectivity index (χ0v) is 11.8. The van der Waals surface area contributed by atoms with Crippen LogP contribution in [-0.4, -0.2) is 28.5 Å². The molecule has 114 valence electrons. The Hall–Kier alpha value is -2.67. The van der Waals surface area contributed by atoms with Crippen LogP contribution < -0.4 is 10.3 Å². The lowest BCUT2D eigenvalue weighted by atomic mass is 10.1. The molecule has 1 amide bonds. The second-order valence-electron chi connectivity index (χ2n) is 4.23. The van der Waals surface area contributed by atoms with E-state index in [2.05, 4.69) is 15.2 Å². The molecule has 1 aromatic heterocycles. The van der Waals surface area contributed by atoms with Crippen molar-refractivity contribution in [1.29, 1.82) is 0 Å². The summed E-state index contributed by atoms with van der Waals surface area (Å²) in [6, 6.07) is 8.04. The number of carbonyl (C=O) groups excluding carboxylic acids is 1. The fraction of sp³-hybridized carbons (Fsp3) is 0.0714. The van der Waals surface area contributed by atoms with E-state index in [0.29, 0.717) is 16.1 Å². The van der Waals surface area contributed by atoms with Gasteiger partial charge in [-0.3, -0.25) is 14.5 Å². The topological polar surface area (TPSA) is 88.5 Å². The lowest BCUT2D eigenvalue weighted by Crippen LogP contribution is -2.30. The van der Waals surface area contributed by atoms with Gasteiger partial charge in [0.15, 0.2) is 5.69 Å². The van der Waals surface area contributed by atoms with Crippen molar-refractivity contribution < 1.29 is 24.2 Å². The van der Waals surface area contributed by atoms with E-state index < -0.39 is 24.2 Å². The number of amides is 1. The number of carbonyl (C=O) groups is 2. The number of nitrogens with one attached hydrogen (secondary N) is 1. The van der Waals surface area contributed by atoms with E-state index in [0.717, 1.165) is 0 Å². The first-order valence-corrected chi connectivity index (χ1v) is 6.43. The summed E-state index contributed by atoms with van der Waals surface area (Å²) in [5.41, 5.74) is 0.801. The molecule has 2 rings (SSSR count). The van der Waals surface area contributed by atoms with Crippen molar-refractivity contribution in [1.82, 2.24) is 10.3 Å². The molecule has 0 aliphatic carbocycles. The van der Waals surface area contributed by atoms with Crippen LogP contribution in [0.3, 0.4) is 0 Å². The Balaban J connectivity index is 2.31. The number of pyridine rings is 1. The number of halogens is 2. The molecule has 0 aliphatic rings. The molecule has 0 atom stereocenters. The van der Waals surface area contributed by atoms with Crippen LogP contribution in [0.5, 0.6) is 5.75 Å². The van der Waals surface area contributed by atoms with Crippen molar-refractivity contribution in [2.24, 2.45) is 0 Å². The third-order valence-electron chi connectivity index (χ3n) is 2.71. The van der Waals surface area contributed by atoms with E-state index in [9.17, 15) is 14.1 Å². The Bertz CT molecular complexity index is 724. The number of rotatable bonds is 5. The molecule has 22 heavy (non-hydrogen) atoms. The first kappa shape index (κ1) is 15.7. The minimum Gasteiger partial charge on any atom is -0.480 e. The summed E-state index contributed by atoms with van der Waals surface area (Å²) in [5, 5.41) is 11.1. The Labute approximate surface area is 129 Å². The molecule has 0 unspecified atom stereocenters. The number of nitrogens with zero attached hydrogens (tertiary/aromatic N) is 1. The predicted octanol–water partition coefficient (Wildman–Crippen LogP) is 2.48. The Morgan fingerprint density at radius 3 is 2.73 bits per heavy atom. The molecular formula is C14H10ClFN2O4. The van der Waals surface area contributed by atoms with Crippen molar-refractivity contribution in [3.63, 3.8) is 0 Å². The SMILES string of the molecule is O=C(O)CNC(=O)c1ncc(-c2cccc(Cl)c2)cc1OF. The van der Waals surface area contributed by atoms with Gasteiger partial charge in [-0.1, -0.05) is 23.7 Å². The standard InChI is InChI=1S/C14H10ClFN2O4/c15-10-3-1-2-8(4-10)9-5-11(22-16)13(17-6-9)14(21)18-7-12(19)20/h1-6H,7H2,(H,18,21)(H,19,20). The van der Waals surface area contributed by atoms with Crippen LogP contribution in [0.1, 0.15) is 10.5 Å². The van der Waals surface area contributed by atoms with Gasteiger partial charge in [-0.05, 0) is 23.8 Å². The molecular weight excluding hydrogens is 315 g/mol. The van der Waals surface area contributed by atoms with E-state index in [-0.39, 0.29) is 5.69 Å². The maximum atomic E-state index is 12.7. The molecule has 0 spiro atoms. The second kappa shape index (κ2) is 6.86. The molecule has 0 radical (unpaired) electrons. The minimum absolute atomic E-state index is 0.352. The molecule has 8 heteroatoms. The normalized spacial score (nSPS) is 10.1. The van der Waals surface area contributed by atoms with Gasteiger partial charge in [0.1, 0.15) is 6.54 Å². The average Bonchev–Trinajstić information content (AvgIpc) is 2.52. The number of aromatic nitrogens is 1. The molecule has 1 aromatic carbocycles. The maximum Gasteiger partial charge on any atom is 0.322 e. The molecule has 0 aliphatic heterocycles. The highest BCUT2D eigenvalue weighted by atomic mass is 35.5. The lowest BCUT2D eigenvalue weighted by Gasteiger charge is -2.07. The molecule has 2 N–H and O–H groups in total. The van der Waals surface area contributed by atoms with E-state index >= 15 is 0 Å². The molecule has 0 saturated carbocycles. The third-order valence-corrected chi connectivity index (χ3v) is 2.94. The first-order valence-electron chi connectivity index (χ1n) is 6.06. The van der Waals surface area contributed by atoms with Gasteiger partial charge in [-0.15, -0.1) is 0 Å². The van der Waals surface area contributed by atoms with E-state index in [1.807, 2.05) is 0 Å². The smallest absolute Gasteiger partial charge is 0.322 e. The number of aliphatic carboxylic acids is 1. The number of carboxylic acid groups (broad SMARTS) is 1. The molecule has 6 nitrogen and oxygen atoms in total. The van der Waals surface area contributed by atoms with Crippen LogP contribution >= 0.6 is 11.6 Å². The summed E-state index contributed by atoms with van der Waals surface area (Å²) in [7, 11) is 0. The van der Waals surface area contributed by atoms with E-state index in [1.54, 1.807) is 24.3 Å². The van der Waals surface area contributed by atoms with Crippen LogP contribution in [0.15, 0.2) is 36.5 Å². The van der Waals surface area contributed by atoms with Gasteiger partial charge in [-0.25, -0.2) is 4.98 Å². The lowest BCUT2D eigenvalue weighted by molar-refractivity contribution is -0.135. The number of hydrogen-bond acceptors (Lipinski definition) is 4. The first-order chi connectivity index (χ1) is 10.5. The molecule has 0 fully saturated rings. The quantitative estimate of drug-likeness (QED) is 0.882. The Morgan fingerprint density at radius 2 is 2.09 bits per heavy atom. The maximum absolute atomic E-state index is 12.7. The van der Waals surface area contributed by atoms with Crippen molar-refractivity contribution in [3.8, 4) is 16.9 Å². The molecule has 0 bridgehead atoms. The third kappa shape index (κ3) is 3.70. The van der Waals surface area contributed by atoms with Crippen molar-refractivity contribution in [2.45, 2.75) is 0 Å². The van der Waals surface area contributed by atoms with Crippen LogP contribution in [-0.2, 0) is 4.79 Å². The molecule has 0 saturated heterocycles. The van der Waals surface area contributed by atoms with Gasteiger partial charge < -0.3 is 10.4 Å². The Kier molecular flexibility index (Phi) is 4.90. The Morgan fingerprint density at radius 1 is 1.32 bits per heavy atom. The van der Waals surface area contributed by atoms with Gasteiger partial charge in [0.05, 0.1) is 0 Å². The van der Waals surface area contributed by atoms with E-state index in [4.69, 9.17) is 16.7 Å². The number of benzene rings is 1. The van der Waals surface area contributed by atoms with Crippen LogP contribution in [0.25, 0.3) is 11.1 Å². The summed E-state index contributed by atoms with van der Waals surface area (Å²) in [6.45, 7) is -0.609. The summed E-state index contributed by atoms with van der Waals surface area (Å²) >= 11 is 5.88. The van der Waals surface area contributed by atoms with Crippen molar-refractivity contribution >= 4 is 23.5 Å². The van der Waals surface area contributed by atoms with Gasteiger partial charge in [0, 0.05) is 21.3 Å². The van der Waals surface area contributed by atoms with Crippen LogP contribution in [0.2, 0.25) is 5.02 Å².